The molecule has 0 unspecified atom stereocenters. The minimum atomic E-state index is -0.114. The summed E-state index contributed by atoms with van der Waals surface area (Å²) in [6.07, 6.45) is 0. The third-order valence-corrected chi connectivity index (χ3v) is 24.7. The summed E-state index contributed by atoms with van der Waals surface area (Å²) < 4.78 is 0. The zero-order valence-electron chi connectivity index (χ0n) is 57.0. The van der Waals surface area contributed by atoms with Gasteiger partial charge in [-0.05, 0) is 252 Å². The van der Waals surface area contributed by atoms with Crippen LogP contribution in [0.5, 0.6) is 0 Å². The van der Waals surface area contributed by atoms with Crippen molar-refractivity contribution in [2.24, 2.45) is 0 Å². The quantitative estimate of drug-likeness (QED) is 0.154. The van der Waals surface area contributed by atoms with Gasteiger partial charge in [0.25, 0.3) is 0 Å². The van der Waals surface area contributed by atoms with Gasteiger partial charge < -0.3 is 0 Å². The van der Waals surface area contributed by atoms with E-state index in [2.05, 4.69) is 343 Å². The summed E-state index contributed by atoms with van der Waals surface area (Å²) in [6, 6.07) is 119. The van der Waals surface area contributed by atoms with Crippen molar-refractivity contribution in [2.45, 2.75) is 38.5 Å². The molecule has 0 amide bonds. The summed E-state index contributed by atoms with van der Waals surface area (Å²) in [4.78, 5) is 0. The molecule has 0 atom stereocenters. The predicted octanol–water partition coefficient (Wildman–Crippen LogP) is 28.5. The molecule has 102 heavy (non-hydrogen) atoms. The molecule has 0 heterocycles. The van der Waals surface area contributed by atoms with E-state index in [1.807, 2.05) is 0 Å². The van der Waals surface area contributed by atoms with E-state index in [0.29, 0.717) is 0 Å². The molecule has 0 radical (unpaired) electrons. The van der Waals surface area contributed by atoms with Crippen LogP contribution in [0.15, 0.2) is 315 Å². The summed E-state index contributed by atoms with van der Waals surface area (Å²) in [5.41, 5.74) is 21.2. The zero-order valence-corrected chi connectivity index (χ0v) is 57.0. The van der Waals surface area contributed by atoms with Gasteiger partial charge >= 0.3 is 0 Å². The van der Waals surface area contributed by atoms with E-state index in [9.17, 15) is 0 Å². The first kappa shape index (κ1) is 56.4. The number of hydrogen-bond acceptors (Lipinski definition) is 0. The normalized spacial score (nSPS) is 13.8. The van der Waals surface area contributed by atoms with Crippen LogP contribution in [0.2, 0.25) is 0 Å². The van der Waals surface area contributed by atoms with Crippen LogP contribution in [0.4, 0.5) is 0 Å². The average molecular weight is 1290 g/mol. The Morgan fingerprint density at radius 1 is 0.147 bits per heavy atom. The fourth-order valence-corrected chi connectivity index (χ4v) is 20.5. The second kappa shape index (κ2) is 20.1. The van der Waals surface area contributed by atoms with Gasteiger partial charge in [-0.1, -0.05) is 331 Å². The molecule has 472 valence electrons. The Morgan fingerprint density at radius 2 is 0.431 bits per heavy atom. The van der Waals surface area contributed by atoms with Gasteiger partial charge in [0.15, 0.2) is 0 Å². The van der Waals surface area contributed by atoms with Gasteiger partial charge in [0.1, 0.15) is 0 Å². The van der Waals surface area contributed by atoms with Gasteiger partial charge in [0.05, 0.1) is 0 Å². The molecule has 22 aromatic rings. The Morgan fingerprint density at radius 3 is 0.814 bits per heavy atom. The maximum atomic E-state index is 2.53. The van der Waals surface area contributed by atoms with Crippen LogP contribution in [-0.4, -0.2) is 0 Å². The molecule has 0 bridgehead atoms. The molecule has 24 rings (SSSR count). The van der Waals surface area contributed by atoms with Crippen LogP contribution in [0.1, 0.15) is 49.9 Å². The maximum absolute atomic E-state index is 2.53. The van der Waals surface area contributed by atoms with Crippen LogP contribution in [0.25, 0.3) is 218 Å². The highest BCUT2D eigenvalue weighted by molar-refractivity contribution is 6.48. The third kappa shape index (κ3) is 7.11. The smallest absolute Gasteiger partial charge is 0.0159 e. The number of fused-ring (bicyclic) bond motifs is 20. The first-order valence-electron chi connectivity index (χ1n) is 36.2. The summed E-state index contributed by atoms with van der Waals surface area (Å²) in [5.74, 6) is 0. The average Bonchev–Trinajstić information content (AvgIpc) is 1.50. The van der Waals surface area contributed by atoms with Crippen molar-refractivity contribution in [3.05, 3.63) is 338 Å². The van der Waals surface area contributed by atoms with E-state index < -0.39 is 0 Å². The summed E-state index contributed by atoms with van der Waals surface area (Å²) in [5, 5.41) is 37.8. The van der Waals surface area contributed by atoms with Crippen LogP contribution in [0, 0.1) is 0 Å². The van der Waals surface area contributed by atoms with Crippen molar-refractivity contribution >= 4 is 151 Å². The highest BCUT2D eigenvalue weighted by Gasteiger charge is 2.38. The van der Waals surface area contributed by atoms with E-state index in [1.165, 1.54) is 240 Å². The Labute approximate surface area is 589 Å². The van der Waals surface area contributed by atoms with Crippen molar-refractivity contribution in [1.82, 2.24) is 0 Å². The van der Waals surface area contributed by atoms with Crippen LogP contribution in [-0.2, 0) is 10.8 Å². The molecular weight excluding hydrogens is 1230 g/mol. The van der Waals surface area contributed by atoms with Crippen molar-refractivity contribution in [1.29, 1.82) is 0 Å². The van der Waals surface area contributed by atoms with Gasteiger partial charge in [-0.25, -0.2) is 0 Å². The molecule has 0 saturated heterocycles. The molecule has 22 aromatic carbocycles. The number of benzene rings is 18. The second-order valence-corrected chi connectivity index (χ2v) is 30.2. The molecule has 0 saturated carbocycles. The maximum Gasteiger partial charge on any atom is 0.0159 e. The summed E-state index contributed by atoms with van der Waals surface area (Å²) in [7, 11) is 0. The Hall–Kier alpha value is -12.5. The van der Waals surface area contributed by atoms with Crippen molar-refractivity contribution in [3.63, 3.8) is 0 Å². The minimum absolute atomic E-state index is 0.114. The molecule has 0 N–H and O–H groups in total. The van der Waals surface area contributed by atoms with Crippen LogP contribution >= 0.6 is 0 Å². The molecule has 0 fully saturated rings. The SMILES string of the molecule is CC1(C)c2ccccc2-c2ccc3c4c(-c5ccccc5)c5c(cc6c7ccccc7c7cccc5c76)c(-c5ccccc5)c4c4ccc1c2c43.CC1(C)c2ccccc2-c2ccc3c4c(-c5ccccc5)c5cc6c7ccccc7c7cccc(c5c(-c5ccccc5)c4c4ccc1c2c34)c76. The van der Waals surface area contributed by atoms with E-state index in [-0.39, 0.29) is 10.8 Å². The Bertz CT molecular complexity index is 6970. The van der Waals surface area contributed by atoms with Crippen molar-refractivity contribution in [3.8, 4) is 66.8 Å². The van der Waals surface area contributed by atoms with Crippen molar-refractivity contribution in [2.75, 3.05) is 0 Å². The molecule has 2 aliphatic carbocycles. The summed E-state index contributed by atoms with van der Waals surface area (Å²) in [6.45, 7) is 9.62. The van der Waals surface area contributed by atoms with E-state index in [4.69, 9.17) is 0 Å². The van der Waals surface area contributed by atoms with Gasteiger partial charge in [-0.15, -0.1) is 0 Å². The lowest BCUT2D eigenvalue weighted by molar-refractivity contribution is 0.645. The fraction of sp³-hybridized carbons (Fsp3) is 0.0588. The lowest BCUT2D eigenvalue weighted by Crippen LogP contribution is -2.23. The standard InChI is InChI=1S/2C51H32/c1-51(2)41-23-12-11-20-33(41)35-24-25-37-46-38(26-27-42(51)48(35)46)49-43(29-14-5-3-6-15-29)40-28-39-32-19-10-9-18-31(32)34-21-13-22-36(45(34)39)47(40)44(50(37)49)30-16-7-4-8-17-30;1-51(2)41-23-12-11-20-33(41)35-24-25-37-46-38(26-27-42(51)48(35)46)50-44(30-16-7-4-8-17-30)47-36-22-13-21-34-31-18-9-10-19-32(31)39(45(34)36)28-40(47)43(49(37)50)29-14-5-3-6-15-29/h2*3-28H,1-2H3. The molecule has 0 aliphatic heterocycles. The molecule has 0 spiro atoms. The van der Waals surface area contributed by atoms with Gasteiger partial charge in [0.2, 0.25) is 0 Å². The van der Waals surface area contributed by atoms with Crippen LogP contribution in [0.3, 0.4) is 0 Å². The first-order valence-corrected chi connectivity index (χ1v) is 36.2. The first-order chi connectivity index (χ1) is 50.2. The van der Waals surface area contributed by atoms with Crippen molar-refractivity contribution < 1.29 is 0 Å². The number of rotatable bonds is 4. The predicted molar refractivity (Wildman–Crippen MR) is 440 cm³/mol. The summed E-state index contributed by atoms with van der Waals surface area (Å²) >= 11 is 0. The molecule has 2 aliphatic rings. The molecule has 0 aromatic heterocycles. The lowest BCUT2D eigenvalue weighted by Gasteiger charge is -2.35. The topological polar surface area (TPSA) is 0 Å². The third-order valence-electron chi connectivity index (χ3n) is 24.7. The lowest BCUT2D eigenvalue weighted by atomic mass is 9.68. The van der Waals surface area contributed by atoms with E-state index in [1.54, 1.807) is 0 Å². The van der Waals surface area contributed by atoms with E-state index in [0.717, 1.165) is 0 Å². The highest BCUT2D eigenvalue weighted by Crippen LogP contribution is 2.61. The Balaban J connectivity index is 0.000000126. The fourth-order valence-electron chi connectivity index (χ4n) is 20.5. The van der Waals surface area contributed by atoms with Gasteiger partial charge in [-0.3, -0.25) is 0 Å². The largest absolute Gasteiger partial charge is 0.0622 e. The zero-order chi connectivity index (χ0) is 67.2. The molecule has 0 nitrogen and oxygen atoms in total. The van der Waals surface area contributed by atoms with E-state index >= 15 is 0 Å². The highest BCUT2D eigenvalue weighted by atomic mass is 14.4. The molecular formula is C102H64. The van der Waals surface area contributed by atoms with Gasteiger partial charge in [0, 0.05) is 10.8 Å². The van der Waals surface area contributed by atoms with Crippen LogP contribution < -0.4 is 0 Å². The minimum Gasteiger partial charge on any atom is -0.0622 e. The van der Waals surface area contributed by atoms with Gasteiger partial charge in [-0.2, -0.15) is 0 Å². The number of hydrogen-bond donors (Lipinski definition) is 0. The Kier molecular flexibility index (Phi) is 11.1. The second-order valence-electron chi connectivity index (χ2n) is 30.2. The monoisotopic (exact) mass is 1290 g/mol. The molecule has 0 heteroatoms.